The molecule has 0 saturated carbocycles. The van der Waals surface area contributed by atoms with Crippen LogP contribution in [-0.2, 0) is 16.1 Å². The van der Waals surface area contributed by atoms with Gasteiger partial charge in [0, 0.05) is 42.4 Å². The number of rotatable bonds is 8. The van der Waals surface area contributed by atoms with E-state index in [-0.39, 0.29) is 0 Å². The minimum Gasteiger partial charge on any atom is -0.377 e. The van der Waals surface area contributed by atoms with Crippen molar-refractivity contribution in [2.24, 2.45) is 5.73 Å². The Morgan fingerprint density at radius 1 is 1.12 bits per heavy atom. The van der Waals surface area contributed by atoms with Crippen molar-refractivity contribution >= 4 is 11.8 Å². The van der Waals surface area contributed by atoms with E-state index in [2.05, 4.69) is 34.6 Å². The summed E-state index contributed by atoms with van der Waals surface area (Å²) in [6.07, 6.45) is 2.60. The summed E-state index contributed by atoms with van der Waals surface area (Å²) in [5.74, 6) is 4.96. The second kappa shape index (κ2) is 12.1. The smallest absolute Gasteiger partial charge is 0.267 e. The predicted molar refractivity (Wildman–Crippen MR) is 124 cm³/mol. The van der Waals surface area contributed by atoms with E-state index in [1.165, 1.54) is 11.0 Å². The van der Waals surface area contributed by atoms with Gasteiger partial charge in [-0.3, -0.25) is 14.8 Å². The van der Waals surface area contributed by atoms with Crippen LogP contribution in [0.3, 0.4) is 0 Å². The van der Waals surface area contributed by atoms with Gasteiger partial charge < -0.3 is 21.1 Å². The Morgan fingerprint density at radius 2 is 1.76 bits per heavy atom. The fourth-order valence-corrected chi connectivity index (χ4v) is 3.47. The first kappa shape index (κ1) is 24.4. The summed E-state index contributed by atoms with van der Waals surface area (Å²) in [6, 6.07) is 13.1. The molecule has 0 aliphatic carbocycles. The van der Waals surface area contributed by atoms with Gasteiger partial charge in [-0.25, -0.2) is 5.48 Å². The van der Waals surface area contributed by atoms with Gasteiger partial charge in [-0.1, -0.05) is 24.0 Å². The molecule has 1 heterocycles. The molecule has 174 valence electrons. The Balaban J connectivity index is 1.53. The van der Waals surface area contributed by atoms with Gasteiger partial charge in [0.05, 0.1) is 6.10 Å². The van der Waals surface area contributed by atoms with Gasteiger partial charge in [0.25, 0.3) is 11.8 Å². The zero-order chi connectivity index (χ0) is 23.6. The van der Waals surface area contributed by atoms with Crippen LogP contribution in [0.5, 0.6) is 0 Å². The average molecular weight is 451 g/mol. The SMILES string of the molecule is C[C@@H](N)C(NC(=O)c1ccc(C#Cc2ccc(CNCC3CCCO3)cc2)cc1)C(=O)NO. The van der Waals surface area contributed by atoms with Crippen molar-refractivity contribution < 1.29 is 19.5 Å². The summed E-state index contributed by atoms with van der Waals surface area (Å²) in [7, 11) is 0. The number of hydroxylamine groups is 1. The van der Waals surface area contributed by atoms with E-state index >= 15 is 0 Å². The summed E-state index contributed by atoms with van der Waals surface area (Å²) in [6.45, 7) is 4.09. The maximum absolute atomic E-state index is 12.4. The van der Waals surface area contributed by atoms with Crippen LogP contribution in [0.1, 0.15) is 46.8 Å². The molecule has 2 unspecified atom stereocenters. The fraction of sp³-hybridized carbons (Fsp3) is 0.360. The van der Waals surface area contributed by atoms with Crippen LogP contribution in [-0.4, -0.2) is 48.4 Å². The number of benzene rings is 2. The monoisotopic (exact) mass is 450 g/mol. The molecule has 0 bridgehead atoms. The molecule has 6 N–H and O–H groups in total. The molecule has 2 aromatic carbocycles. The summed E-state index contributed by atoms with van der Waals surface area (Å²) in [5, 5.41) is 14.7. The van der Waals surface area contributed by atoms with E-state index in [1.54, 1.807) is 31.2 Å². The molecule has 3 rings (SSSR count). The second-order valence-corrected chi connectivity index (χ2v) is 8.08. The van der Waals surface area contributed by atoms with Crippen molar-refractivity contribution in [1.82, 2.24) is 16.1 Å². The lowest BCUT2D eigenvalue weighted by Crippen LogP contribution is -2.54. The van der Waals surface area contributed by atoms with Gasteiger partial charge >= 0.3 is 0 Å². The van der Waals surface area contributed by atoms with E-state index in [1.807, 2.05) is 12.1 Å². The van der Waals surface area contributed by atoms with Crippen molar-refractivity contribution in [2.45, 2.75) is 44.5 Å². The molecule has 8 heteroatoms. The van der Waals surface area contributed by atoms with Gasteiger partial charge in [0.1, 0.15) is 6.04 Å². The Bertz CT molecular complexity index is 988. The Hall–Kier alpha value is -3.22. The molecule has 33 heavy (non-hydrogen) atoms. The minimum absolute atomic E-state index is 0.332. The molecule has 2 aromatic rings. The van der Waals surface area contributed by atoms with E-state index < -0.39 is 23.9 Å². The lowest BCUT2D eigenvalue weighted by Gasteiger charge is -2.20. The number of ether oxygens (including phenoxy) is 1. The highest BCUT2D eigenvalue weighted by Gasteiger charge is 2.24. The predicted octanol–water partition coefficient (Wildman–Crippen LogP) is 1.31. The first-order valence-corrected chi connectivity index (χ1v) is 11.0. The van der Waals surface area contributed by atoms with E-state index in [0.717, 1.165) is 43.7 Å². The van der Waals surface area contributed by atoms with Crippen LogP contribution in [0.25, 0.3) is 0 Å². The highest BCUT2D eigenvalue weighted by molar-refractivity contribution is 5.97. The van der Waals surface area contributed by atoms with Gasteiger partial charge in [0.15, 0.2) is 0 Å². The van der Waals surface area contributed by atoms with Gasteiger partial charge in [0.2, 0.25) is 0 Å². The topological polar surface area (TPSA) is 126 Å². The van der Waals surface area contributed by atoms with Crippen molar-refractivity contribution in [1.29, 1.82) is 0 Å². The highest BCUT2D eigenvalue weighted by Crippen LogP contribution is 2.11. The molecule has 0 spiro atoms. The third kappa shape index (κ3) is 7.41. The van der Waals surface area contributed by atoms with Crippen molar-refractivity contribution in [2.75, 3.05) is 13.2 Å². The molecule has 0 aromatic heterocycles. The number of hydrogen-bond donors (Lipinski definition) is 5. The Morgan fingerprint density at radius 3 is 2.30 bits per heavy atom. The maximum atomic E-state index is 12.4. The highest BCUT2D eigenvalue weighted by atomic mass is 16.5. The number of nitrogens with two attached hydrogens (primary N) is 1. The maximum Gasteiger partial charge on any atom is 0.267 e. The van der Waals surface area contributed by atoms with Crippen molar-refractivity contribution in [3.8, 4) is 11.8 Å². The van der Waals surface area contributed by atoms with Gasteiger partial charge in [-0.15, -0.1) is 0 Å². The quantitative estimate of drug-likeness (QED) is 0.235. The number of amides is 2. The van der Waals surface area contributed by atoms with Crippen LogP contribution < -0.4 is 21.8 Å². The fourth-order valence-electron chi connectivity index (χ4n) is 3.47. The van der Waals surface area contributed by atoms with Crippen LogP contribution in [0.15, 0.2) is 48.5 Å². The minimum atomic E-state index is -1.05. The zero-order valence-electron chi connectivity index (χ0n) is 18.6. The first-order chi connectivity index (χ1) is 16.0. The normalized spacial score (nSPS) is 16.9. The number of carbonyl (C=O) groups is 2. The van der Waals surface area contributed by atoms with E-state index in [4.69, 9.17) is 15.7 Å². The van der Waals surface area contributed by atoms with Crippen LogP contribution >= 0.6 is 0 Å². The van der Waals surface area contributed by atoms with Crippen LogP contribution in [0.2, 0.25) is 0 Å². The molecule has 1 fully saturated rings. The largest absolute Gasteiger partial charge is 0.377 e. The molecule has 3 atom stereocenters. The van der Waals surface area contributed by atoms with Gasteiger partial charge in [-0.05, 0) is 61.7 Å². The average Bonchev–Trinajstić information content (AvgIpc) is 3.35. The first-order valence-electron chi connectivity index (χ1n) is 11.0. The summed E-state index contributed by atoms with van der Waals surface area (Å²) < 4.78 is 5.61. The van der Waals surface area contributed by atoms with E-state index in [0.29, 0.717) is 11.7 Å². The van der Waals surface area contributed by atoms with Crippen molar-refractivity contribution in [3.63, 3.8) is 0 Å². The zero-order valence-corrected chi connectivity index (χ0v) is 18.6. The molecule has 2 amide bonds. The summed E-state index contributed by atoms with van der Waals surface area (Å²) in [5.41, 5.74) is 10.4. The molecule has 0 radical (unpaired) electrons. The molecular formula is C25H30N4O4. The third-order valence-electron chi connectivity index (χ3n) is 5.38. The molecular weight excluding hydrogens is 420 g/mol. The lowest BCUT2D eigenvalue weighted by molar-refractivity contribution is -0.131. The van der Waals surface area contributed by atoms with Crippen molar-refractivity contribution in [3.05, 3.63) is 70.8 Å². The molecule has 8 nitrogen and oxygen atoms in total. The number of nitrogens with one attached hydrogen (secondary N) is 3. The summed E-state index contributed by atoms with van der Waals surface area (Å²) >= 11 is 0. The summed E-state index contributed by atoms with van der Waals surface area (Å²) in [4.78, 5) is 24.0. The number of hydrogen-bond acceptors (Lipinski definition) is 6. The Labute approximate surface area is 193 Å². The van der Waals surface area contributed by atoms with Gasteiger partial charge in [-0.2, -0.15) is 0 Å². The van der Waals surface area contributed by atoms with Crippen LogP contribution in [0.4, 0.5) is 0 Å². The molecule has 1 saturated heterocycles. The Kier molecular flexibility index (Phi) is 8.98. The standard InChI is InChI=1S/C25H30N4O4/c1-17(26)23(25(31)29-32)28-24(30)21-12-10-19(11-13-21)5-4-18-6-8-20(9-7-18)15-27-16-22-3-2-14-33-22/h6-13,17,22-23,27,32H,2-3,14-16,26H2,1H3,(H,28,30)(H,29,31)/t17-,22?,23?/m1/s1. The lowest BCUT2D eigenvalue weighted by atomic mass is 10.1. The second-order valence-electron chi connectivity index (χ2n) is 8.08. The molecule has 1 aliphatic heterocycles. The number of carbonyl (C=O) groups excluding carboxylic acids is 2. The third-order valence-corrected chi connectivity index (χ3v) is 5.38. The van der Waals surface area contributed by atoms with Crippen LogP contribution in [0, 0.1) is 11.8 Å². The molecule has 1 aliphatic rings. The van der Waals surface area contributed by atoms with E-state index in [9.17, 15) is 9.59 Å².